The highest BCUT2D eigenvalue weighted by Gasteiger charge is 2.32. The smallest absolute Gasteiger partial charge is 0.379 e. The van der Waals surface area contributed by atoms with Gasteiger partial charge in [0, 0.05) is 13.2 Å². The van der Waals surface area contributed by atoms with E-state index in [2.05, 4.69) is 5.32 Å². The van der Waals surface area contributed by atoms with Crippen LogP contribution in [0.15, 0.2) is 24.3 Å². The lowest BCUT2D eigenvalue weighted by atomic mass is 10.1. The second-order valence-corrected chi connectivity index (χ2v) is 4.60. The fraction of sp³-hybridized carbons (Fsp3) is 0.571. The van der Waals surface area contributed by atoms with Crippen LogP contribution in [0, 0.1) is 0 Å². The molecule has 108 valence electrons. The Balaban J connectivity index is 2.37. The van der Waals surface area contributed by atoms with Crippen molar-refractivity contribution in [1.29, 1.82) is 0 Å². The van der Waals surface area contributed by atoms with Crippen LogP contribution < -0.4 is 5.32 Å². The standard InChI is InChI=1S/C14H20F3NO/c1-11(2)19-9-5-8-18-10-12-6-3-4-7-13(12)14(15,16)17/h3-4,6-7,11,18H,5,8-10H2,1-2H3. The fourth-order valence-corrected chi connectivity index (χ4v) is 1.69. The molecule has 0 amide bonds. The summed E-state index contributed by atoms with van der Waals surface area (Å²) in [6, 6.07) is 5.64. The lowest BCUT2D eigenvalue weighted by Crippen LogP contribution is -2.20. The van der Waals surface area contributed by atoms with E-state index < -0.39 is 11.7 Å². The van der Waals surface area contributed by atoms with E-state index in [1.807, 2.05) is 13.8 Å². The van der Waals surface area contributed by atoms with Crippen LogP contribution in [-0.2, 0) is 17.5 Å². The summed E-state index contributed by atoms with van der Waals surface area (Å²) >= 11 is 0. The van der Waals surface area contributed by atoms with Gasteiger partial charge in [0.15, 0.2) is 0 Å². The van der Waals surface area contributed by atoms with Crippen LogP contribution in [0.25, 0.3) is 0 Å². The fourth-order valence-electron chi connectivity index (χ4n) is 1.69. The van der Waals surface area contributed by atoms with E-state index in [0.717, 1.165) is 12.5 Å². The molecule has 0 saturated heterocycles. The number of benzene rings is 1. The number of nitrogens with one attached hydrogen (secondary N) is 1. The lowest BCUT2D eigenvalue weighted by Gasteiger charge is -2.13. The first-order valence-electron chi connectivity index (χ1n) is 6.38. The molecule has 1 aromatic carbocycles. The van der Waals surface area contributed by atoms with Gasteiger partial charge in [-0.3, -0.25) is 0 Å². The van der Waals surface area contributed by atoms with Crippen molar-refractivity contribution >= 4 is 0 Å². The third kappa shape index (κ3) is 6.07. The molecule has 0 bridgehead atoms. The number of hydrogen-bond acceptors (Lipinski definition) is 2. The molecule has 2 nitrogen and oxygen atoms in total. The summed E-state index contributed by atoms with van der Waals surface area (Å²) in [6.45, 7) is 5.38. The Bertz CT molecular complexity index is 377. The third-order valence-corrected chi connectivity index (χ3v) is 2.59. The van der Waals surface area contributed by atoms with E-state index in [0.29, 0.717) is 13.2 Å². The van der Waals surface area contributed by atoms with Crippen LogP contribution >= 0.6 is 0 Å². The summed E-state index contributed by atoms with van der Waals surface area (Å²) in [5.41, 5.74) is -0.291. The van der Waals surface area contributed by atoms with E-state index in [1.165, 1.54) is 12.1 Å². The van der Waals surface area contributed by atoms with E-state index >= 15 is 0 Å². The molecule has 0 fully saturated rings. The number of rotatable bonds is 7. The molecule has 0 saturated carbocycles. The topological polar surface area (TPSA) is 21.3 Å². The van der Waals surface area contributed by atoms with Gasteiger partial charge in [0.2, 0.25) is 0 Å². The van der Waals surface area contributed by atoms with Gasteiger partial charge in [0.25, 0.3) is 0 Å². The van der Waals surface area contributed by atoms with E-state index in [-0.39, 0.29) is 18.2 Å². The normalized spacial score (nSPS) is 12.1. The molecule has 19 heavy (non-hydrogen) atoms. The van der Waals surface area contributed by atoms with Crippen LogP contribution in [-0.4, -0.2) is 19.3 Å². The van der Waals surface area contributed by atoms with Gasteiger partial charge in [-0.25, -0.2) is 0 Å². The van der Waals surface area contributed by atoms with Gasteiger partial charge < -0.3 is 10.1 Å². The summed E-state index contributed by atoms with van der Waals surface area (Å²) in [7, 11) is 0. The number of halogens is 3. The van der Waals surface area contributed by atoms with E-state index in [1.54, 1.807) is 6.07 Å². The first-order valence-corrected chi connectivity index (χ1v) is 6.38. The lowest BCUT2D eigenvalue weighted by molar-refractivity contribution is -0.138. The molecule has 0 aliphatic carbocycles. The van der Waals surface area contributed by atoms with Crippen molar-refractivity contribution in [2.24, 2.45) is 0 Å². The summed E-state index contributed by atoms with van der Waals surface area (Å²) in [6.07, 6.45) is -3.32. The first-order chi connectivity index (χ1) is 8.91. The Kier molecular flexibility index (Phi) is 6.31. The maximum atomic E-state index is 12.7. The molecule has 1 N–H and O–H groups in total. The Morgan fingerprint density at radius 3 is 2.53 bits per heavy atom. The summed E-state index contributed by atoms with van der Waals surface area (Å²) in [5, 5.41) is 3.01. The number of alkyl halides is 3. The van der Waals surface area contributed by atoms with Crippen molar-refractivity contribution in [3.63, 3.8) is 0 Å². The van der Waals surface area contributed by atoms with Crippen LogP contribution in [0.3, 0.4) is 0 Å². The molecular weight excluding hydrogens is 255 g/mol. The predicted octanol–water partition coefficient (Wildman–Crippen LogP) is 3.61. The van der Waals surface area contributed by atoms with Gasteiger partial charge in [0.05, 0.1) is 11.7 Å². The average molecular weight is 275 g/mol. The molecule has 5 heteroatoms. The molecule has 1 rings (SSSR count). The minimum atomic E-state index is -4.29. The molecule has 0 aliphatic heterocycles. The van der Waals surface area contributed by atoms with Crippen molar-refractivity contribution in [3.8, 4) is 0 Å². The number of ether oxygens (including phenoxy) is 1. The first kappa shape index (κ1) is 16.0. The third-order valence-electron chi connectivity index (χ3n) is 2.59. The van der Waals surface area contributed by atoms with Gasteiger partial charge in [-0.1, -0.05) is 18.2 Å². The summed E-state index contributed by atoms with van der Waals surface area (Å²) < 4.78 is 43.5. The Morgan fingerprint density at radius 2 is 1.89 bits per heavy atom. The van der Waals surface area contributed by atoms with Crippen LogP contribution in [0.1, 0.15) is 31.4 Å². The predicted molar refractivity (Wildman–Crippen MR) is 68.9 cm³/mol. The molecule has 0 spiro atoms. The Labute approximate surface area is 112 Å². The van der Waals surface area contributed by atoms with Crippen molar-refractivity contribution in [3.05, 3.63) is 35.4 Å². The van der Waals surface area contributed by atoms with Gasteiger partial charge >= 0.3 is 6.18 Å². The molecular formula is C14H20F3NO. The quantitative estimate of drug-likeness (QED) is 0.768. The van der Waals surface area contributed by atoms with E-state index in [9.17, 15) is 13.2 Å². The van der Waals surface area contributed by atoms with Gasteiger partial charge in [-0.05, 0) is 38.4 Å². The highest BCUT2D eigenvalue weighted by atomic mass is 19.4. The van der Waals surface area contributed by atoms with Gasteiger partial charge in [-0.2, -0.15) is 13.2 Å². The van der Waals surface area contributed by atoms with Crippen LogP contribution in [0.4, 0.5) is 13.2 Å². The largest absolute Gasteiger partial charge is 0.416 e. The second kappa shape index (κ2) is 7.50. The zero-order valence-electron chi connectivity index (χ0n) is 11.3. The van der Waals surface area contributed by atoms with Crippen molar-refractivity contribution < 1.29 is 17.9 Å². The molecule has 0 atom stereocenters. The minimum absolute atomic E-state index is 0.186. The molecule has 1 aromatic rings. The van der Waals surface area contributed by atoms with Gasteiger partial charge in [-0.15, -0.1) is 0 Å². The maximum Gasteiger partial charge on any atom is 0.416 e. The van der Waals surface area contributed by atoms with Crippen LogP contribution in [0.5, 0.6) is 0 Å². The van der Waals surface area contributed by atoms with E-state index in [4.69, 9.17) is 4.74 Å². The molecule has 0 radical (unpaired) electrons. The summed E-state index contributed by atoms with van der Waals surface area (Å²) in [4.78, 5) is 0. The monoisotopic (exact) mass is 275 g/mol. The molecule has 0 aliphatic rings. The average Bonchev–Trinajstić information content (AvgIpc) is 2.32. The molecule has 0 heterocycles. The molecule has 0 unspecified atom stereocenters. The van der Waals surface area contributed by atoms with Crippen molar-refractivity contribution in [2.45, 2.75) is 39.1 Å². The summed E-state index contributed by atoms with van der Waals surface area (Å²) in [5.74, 6) is 0. The highest BCUT2D eigenvalue weighted by molar-refractivity contribution is 5.29. The number of hydrogen-bond donors (Lipinski definition) is 1. The molecule has 0 aromatic heterocycles. The van der Waals surface area contributed by atoms with Crippen molar-refractivity contribution in [1.82, 2.24) is 5.32 Å². The van der Waals surface area contributed by atoms with Gasteiger partial charge in [0.1, 0.15) is 0 Å². The van der Waals surface area contributed by atoms with Crippen molar-refractivity contribution in [2.75, 3.05) is 13.2 Å². The second-order valence-electron chi connectivity index (χ2n) is 4.60. The highest BCUT2D eigenvalue weighted by Crippen LogP contribution is 2.31. The zero-order valence-corrected chi connectivity index (χ0v) is 11.3. The zero-order chi connectivity index (χ0) is 14.3. The Morgan fingerprint density at radius 1 is 1.21 bits per heavy atom. The van der Waals surface area contributed by atoms with Crippen LogP contribution in [0.2, 0.25) is 0 Å². The maximum absolute atomic E-state index is 12.7. The SMILES string of the molecule is CC(C)OCCCNCc1ccccc1C(F)(F)F. The minimum Gasteiger partial charge on any atom is -0.379 e. The Hall–Kier alpha value is -1.07.